The third kappa shape index (κ3) is 4.78. The highest BCUT2D eigenvalue weighted by atomic mass is 19.1. The van der Waals surface area contributed by atoms with Crippen LogP contribution in [0, 0.1) is 11.6 Å². The van der Waals surface area contributed by atoms with Gasteiger partial charge in [0.15, 0.2) is 0 Å². The summed E-state index contributed by atoms with van der Waals surface area (Å²) in [5.41, 5.74) is 2.47. The van der Waals surface area contributed by atoms with Crippen molar-refractivity contribution in [3.05, 3.63) is 107 Å². The Hall–Kier alpha value is -3.58. The molecule has 0 saturated heterocycles. The molecule has 0 aromatic heterocycles. The van der Waals surface area contributed by atoms with Crippen LogP contribution < -0.4 is 5.32 Å². The summed E-state index contributed by atoms with van der Waals surface area (Å²) in [6.45, 7) is 0.767. The monoisotopic (exact) mass is 450 g/mol. The van der Waals surface area contributed by atoms with Crippen molar-refractivity contribution in [1.29, 1.82) is 0 Å². The molecule has 0 aliphatic carbocycles. The Balaban J connectivity index is 1.74. The lowest BCUT2D eigenvalue weighted by Crippen LogP contribution is -2.48. The maximum Gasteiger partial charge on any atom is 0.254 e. The van der Waals surface area contributed by atoms with Crippen LogP contribution in [0.25, 0.3) is 0 Å². The van der Waals surface area contributed by atoms with Crippen LogP contribution in [0.5, 0.6) is 0 Å². The van der Waals surface area contributed by atoms with Crippen molar-refractivity contribution >= 4 is 11.8 Å². The van der Waals surface area contributed by atoms with Crippen molar-refractivity contribution in [3.63, 3.8) is 0 Å². The number of amides is 2. The van der Waals surface area contributed by atoms with E-state index in [4.69, 9.17) is 4.74 Å². The zero-order valence-corrected chi connectivity index (χ0v) is 18.1. The lowest BCUT2D eigenvalue weighted by atomic mass is 9.79. The summed E-state index contributed by atoms with van der Waals surface area (Å²) in [5.74, 6) is -1.96. The number of rotatable bonds is 7. The number of nitrogens with one attached hydrogen (secondary N) is 1. The molecule has 1 N–H and O–H groups in total. The lowest BCUT2D eigenvalue weighted by molar-refractivity contribution is -0.124. The molecule has 1 heterocycles. The first-order valence-corrected chi connectivity index (χ1v) is 10.7. The first-order valence-electron chi connectivity index (χ1n) is 10.7. The van der Waals surface area contributed by atoms with Gasteiger partial charge in [0.05, 0.1) is 18.6 Å². The van der Waals surface area contributed by atoms with Crippen LogP contribution >= 0.6 is 0 Å². The highest BCUT2D eigenvalue weighted by molar-refractivity contribution is 6.01. The van der Waals surface area contributed by atoms with E-state index in [1.807, 2.05) is 0 Å². The zero-order chi connectivity index (χ0) is 23.4. The molecule has 7 heteroatoms. The molecule has 0 fully saturated rings. The van der Waals surface area contributed by atoms with Crippen molar-refractivity contribution in [2.45, 2.75) is 18.5 Å². The molecular weight excluding hydrogens is 426 g/mol. The van der Waals surface area contributed by atoms with Gasteiger partial charge in [0.2, 0.25) is 5.91 Å². The highest BCUT2D eigenvalue weighted by Gasteiger charge is 2.43. The number of fused-ring (bicyclic) bond motifs is 1. The van der Waals surface area contributed by atoms with Crippen LogP contribution in [-0.2, 0) is 16.1 Å². The SMILES string of the molecule is COCCN1C(=O)c2ccccc2[C@H](C(=O)NCc2ccc(F)cc2)[C@H]1c1ccc(F)cc1. The third-order valence-electron chi connectivity index (χ3n) is 5.85. The molecule has 2 amide bonds. The number of ether oxygens (including phenoxy) is 1. The van der Waals surface area contributed by atoms with E-state index in [9.17, 15) is 18.4 Å². The van der Waals surface area contributed by atoms with Crippen LogP contribution in [0.3, 0.4) is 0 Å². The molecule has 0 saturated carbocycles. The second-order valence-corrected chi connectivity index (χ2v) is 7.90. The molecule has 4 rings (SSSR count). The van der Waals surface area contributed by atoms with Crippen LogP contribution in [0.2, 0.25) is 0 Å². The van der Waals surface area contributed by atoms with Gasteiger partial charge >= 0.3 is 0 Å². The number of hydrogen-bond donors (Lipinski definition) is 1. The Kier molecular flexibility index (Phi) is 6.79. The number of carbonyl (C=O) groups is 2. The maximum absolute atomic E-state index is 13.7. The minimum Gasteiger partial charge on any atom is -0.383 e. The quantitative estimate of drug-likeness (QED) is 0.587. The highest BCUT2D eigenvalue weighted by Crippen LogP contribution is 2.42. The summed E-state index contributed by atoms with van der Waals surface area (Å²) in [6, 6.07) is 18.1. The van der Waals surface area contributed by atoms with E-state index in [1.165, 1.54) is 24.3 Å². The smallest absolute Gasteiger partial charge is 0.254 e. The predicted octanol–water partition coefficient (Wildman–Crippen LogP) is 4.21. The van der Waals surface area contributed by atoms with E-state index in [-0.39, 0.29) is 37.3 Å². The van der Waals surface area contributed by atoms with Gasteiger partial charge in [0, 0.05) is 25.8 Å². The van der Waals surface area contributed by atoms with Gasteiger partial charge in [-0.2, -0.15) is 0 Å². The summed E-state index contributed by atoms with van der Waals surface area (Å²) in [4.78, 5) is 28.5. The van der Waals surface area contributed by atoms with Crippen molar-refractivity contribution in [2.24, 2.45) is 0 Å². The van der Waals surface area contributed by atoms with E-state index >= 15 is 0 Å². The summed E-state index contributed by atoms with van der Waals surface area (Å²) in [6.07, 6.45) is 0. The molecule has 5 nitrogen and oxygen atoms in total. The maximum atomic E-state index is 13.7. The molecule has 3 aromatic rings. The number of nitrogens with zero attached hydrogens (tertiary/aromatic N) is 1. The zero-order valence-electron chi connectivity index (χ0n) is 18.1. The van der Waals surface area contributed by atoms with Crippen molar-refractivity contribution in [2.75, 3.05) is 20.3 Å². The van der Waals surface area contributed by atoms with Gasteiger partial charge in [-0.05, 0) is 47.0 Å². The Morgan fingerprint density at radius 3 is 2.27 bits per heavy atom. The van der Waals surface area contributed by atoms with E-state index in [2.05, 4.69) is 5.32 Å². The van der Waals surface area contributed by atoms with E-state index in [0.29, 0.717) is 16.7 Å². The van der Waals surface area contributed by atoms with Crippen LogP contribution in [0.1, 0.15) is 39.0 Å². The molecule has 0 bridgehead atoms. The molecule has 1 aliphatic heterocycles. The van der Waals surface area contributed by atoms with Gasteiger partial charge in [-0.3, -0.25) is 9.59 Å². The van der Waals surface area contributed by atoms with Gasteiger partial charge in [-0.15, -0.1) is 0 Å². The molecule has 0 radical (unpaired) electrons. The molecule has 33 heavy (non-hydrogen) atoms. The standard InChI is InChI=1S/C26H24F2N2O3/c1-33-15-14-30-24(18-8-12-20(28)13-9-18)23(21-4-2-3-5-22(21)26(30)32)25(31)29-16-17-6-10-19(27)11-7-17/h2-13,23-24H,14-16H2,1H3,(H,29,31)/t23-,24+/m0/s1. The molecule has 0 unspecified atom stereocenters. The lowest BCUT2D eigenvalue weighted by Gasteiger charge is -2.41. The largest absolute Gasteiger partial charge is 0.383 e. The fourth-order valence-electron chi connectivity index (χ4n) is 4.24. The second kappa shape index (κ2) is 9.92. The van der Waals surface area contributed by atoms with E-state index < -0.39 is 17.8 Å². The van der Waals surface area contributed by atoms with Gasteiger partial charge in [0.1, 0.15) is 11.6 Å². The average Bonchev–Trinajstić information content (AvgIpc) is 2.83. The van der Waals surface area contributed by atoms with Crippen LogP contribution in [-0.4, -0.2) is 37.0 Å². The Bertz CT molecular complexity index is 1130. The fraction of sp³-hybridized carbons (Fsp3) is 0.231. The number of methoxy groups -OCH3 is 1. The van der Waals surface area contributed by atoms with Gasteiger partial charge in [-0.1, -0.05) is 42.5 Å². The summed E-state index contributed by atoms with van der Waals surface area (Å²) < 4.78 is 32.1. The van der Waals surface area contributed by atoms with Crippen LogP contribution in [0.4, 0.5) is 8.78 Å². The minimum atomic E-state index is -0.721. The van der Waals surface area contributed by atoms with E-state index in [1.54, 1.807) is 60.5 Å². The molecule has 170 valence electrons. The van der Waals surface area contributed by atoms with Gasteiger partial charge in [-0.25, -0.2) is 8.78 Å². The fourth-order valence-corrected chi connectivity index (χ4v) is 4.24. The van der Waals surface area contributed by atoms with Crippen molar-refractivity contribution in [1.82, 2.24) is 10.2 Å². The number of benzene rings is 3. The Morgan fingerprint density at radius 1 is 0.970 bits per heavy atom. The normalized spacial score (nSPS) is 17.5. The van der Waals surface area contributed by atoms with Gasteiger partial charge < -0.3 is 15.0 Å². The topological polar surface area (TPSA) is 58.6 Å². The summed E-state index contributed by atoms with van der Waals surface area (Å²) >= 11 is 0. The van der Waals surface area contributed by atoms with Gasteiger partial charge in [0.25, 0.3) is 5.91 Å². The third-order valence-corrected chi connectivity index (χ3v) is 5.85. The predicted molar refractivity (Wildman–Crippen MR) is 119 cm³/mol. The molecule has 1 aliphatic rings. The Morgan fingerprint density at radius 2 is 1.61 bits per heavy atom. The molecule has 0 spiro atoms. The summed E-state index contributed by atoms with van der Waals surface area (Å²) in [7, 11) is 1.54. The first-order chi connectivity index (χ1) is 16.0. The Labute approximate surface area is 191 Å². The van der Waals surface area contributed by atoms with Crippen LogP contribution in [0.15, 0.2) is 72.8 Å². The second-order valence-electron chi connectivity index (χ2n) is 7.90. The minimum absolute atomic E-state index is 0.208. The molecule has 2 atom stereocenters. The number of carbonyl (C=O) groups excluding carboxylic acids is 2. The molecular formula is C26H24F2N2O3. The van der Waals surface area contributed by atoms with Crippen molar-refractivity contribution in [3.8, 4) is 0 Å². The van der Waals surface area contributed by atoms with Crippen molar-refractivity contribution < 1.29 is 23.1 Å². The first kappa shape index (κ1) is 22.6. The number of halogens is 2. The number of hydrogen-bond acceptors (Lipinski definition) is 3. The average molecular weight is 450 g/mol. The summed E-state index contributed by atoms with van der Waals surface area (Å²) in [5, 5.41) is 2.93. The molecule has 3 aromatic carbocycles. The van der Waals surface area contributed by atoms with E-state index in [0.717, 1.165) is 5.56 Å².